The van der Waals surface area contributed by atoms with E-state index in [1.54, 1.807) is 42.3 Å². The molecule has 12 heteroatoms. The Morgan fingerprint density at radius 3 is 2.76 bits per heavy atom. The number of halogens is 1. The minimum Gasteiger partial charge on any atom is -0.387 e. The molecule has 4 atom stereocenters. The second-order valence-electron chi connectivity index (χ2n) is 8.18. The first-order chi connectivity index (χ1) is 16.2. The van der Waals surface area contributed by atoms with E-state index in [1.165, 1.54) is 10.9 Å². The van der Waals surface area contributed by atoms with E-state index >= 15 is 0 Å². The van der Waals surface area contributed by atoms with E-state index in [9.17, 15) is 15.0 Å². The molecule has 176 valence electrons. The summed E-state index contributed by atoms with van der Waals surface area (Å²) in [4.78, 5) is 21.3. The topological polar surface area (TPSA) is 153 Å². The van der Waals surface area contributed by atoms with E-state index in [4.69, 9.17) is 22.1 Å². The number of nitrogens with one attached hydrogen (secondary N) is 1. The van der Waals surface area contributed by atoms with Gasteiger partial charge in [-0.15, -0.1) is 0 Å². The number of carbonyl (C=O) groups excluding carboxylic acids is 1. The van der Waals surface area contributed by atoms with Gasteiger partial charge in [0.1, 0.15) is 30.0 Å². The number of carbonyl (C=O) groups is 1. The fourth-order valence-electron chi connectivity index (χ4n) is 4.10. The van der Waals surface area contributed by atoms with Gasteiger partial charge in [0.2, 0.25) is 0 Å². The SMILES string of the molecule is Cc1ccc(Cl)c(NC(=O)[C@H]2O[C@@H](n3cc(-c4ccn(C)n4)c4c(N)ncnc43)[C@H](O)[C@@H]2O)c1. The number of aliphatic hydroxyl groups excluding tert-OH is 2. The maximum atomic E-state index is 12.9. The predicted octanol–water partition coefficient (Wildman–Crippen LogP) is 1.63. The number of benzene rings is 1. The Hall–Kier alpha value is -3.51. The van der Waals surface area contributed by atoms with E-state index in [2.05, 4.69) is 20.4 Å². The minimum atomic E-state index is -1.50. The Balaban J connectivity index is 1.50. The number of anilines is 2. The van der Waals surface area contributed by atoms with Gasteiger partial charge in [-0.05, 0) is 30.7 Å². The van der Waals surface area contributed by atoms with Crippen LogP contribution in [0.15, 0.2) is 43.0 Å². The Morgan fingerprint density at radius 1 is 1.24 bits per heavy atom. The van der Waals surface area contributed by atoms with Gasteiger partial charge in [-0.25, -0.2) is 9.97 Å². The fraction of sp³-hybridized carbons (Fsp3) is 0.273. The molecule has 1 fully saturated rings. The highest BCUT2D eigenvalue weighted by Gasteiger charge is 2.48. The Labute approximate surface area is 198 Å². The first kappa shape index (κ1) is 22.3. The molecule has 1 saturated heterocycles. The number of aryl methyl sites for hydroxylation is 2. The molecule has 1 aliphatic rings. The summed E-state index contributed by atoms with van der Waals surface area (Å²) >= 11 is 6.17. The number of amides is 1. The molecule has 0 radical (unpaired) electrons. The summed E-state index contributed by atoms with van der Waals surface area (Å²) < 4.78 is 9.02. The molecular formula is C22H22ClN7O4. The molecule has 0 aliphatic carbocycles. The molecule has 3 aromatic heterocycles. The summed E-state index contributed by atoms with van der Waals surface area (Å²) in [5, 5.41) is 29.4. The summed E-state index contributed by atoms with van der Waals surface area (Å²) in [6.07, 6.45) is -0.663. The van der Waals surface area contributed by atoms with Crippen molar-refractivity contribution >= 4 is 40.0 Å². The Morgan fingerprint density at radius 2 is 2.03 bits per heavy atom. The molecule has 34 heavy (non-hydrogen) atoms. The molecule has 11 nitrogen and oxygen atoms in total. The van der Waals surface area contributed by atoms with Crippen LogP contribution in [0.2, 0.25) is 5.02 Å². The van der Waals surface area contributed by atoms with Gasteiger partial charge in [0.15, 0.2) is 12.3 Å². The number of nitrogens with zero attached hydrogens (tertiary/aromatic N) is 5. The normalized spacial score (nSPS) is 22.4. The number of rotatable bonds is 4. The number of aliphatic hydroxyl groups is 2. The lowest BCUT2D eigenvalue weighted by atomic mass is 10.1. The Bertz CT molecular complexity index is 1400. The predicted molar refractivity (Wildman–Crippen MR) is 125 cm³/mol. The van der Waals surface area contributed by atoms with Crippen LogP contribution >= 0.6 is 11.6 Å². The molecule has 1 amide bonds. The largest absolute Gasteiger partial charge is 0.387 e. The monoisotopic (exact) mass is 483 g/mol. The van der Waals surface area contributed by atoms with Gasteiger partial charge >= 0.3 is 0 Å². The molecule has 4 heterocycles. The molecule has 0 saturated carbocycles. The number of hydrogen-bond donors (Lipinski definition) is 4. The van der Waals surface area contributed by atoms with Crippen molar-refractivity contribution in [3.05, 3.63) is 53.6 Å². The zero-order valence-corrected chi connectivity index (χ0v) is 19.0. The second kappa shape index (κ2) is 8.37. The van der Waals surface area contributed by atoms with Crippen molar-refractivity contribution in [1.29, 1.82) is 0 Å². The van der Waals surface area contributed by atoms with Crippen LogP contribution in [0.3, 0.4) is 0 Å². The van der Waals surface area contributed by atoms with Gasteiger partial charge < -0.3 is 30.6 Å². The summed E-state index contributed by atoms with van der Waals surface area (Å²) in [5.74, 6) is -0.419. The van der Waals surface area contributed by atoms with Crippen LogP contribution in [0, 0.1) is 6.92 Å². The van der Waals surface area contributed by atoms with Crippen LogP contribution in [0.1, 0.15) is 11.8 Å². The zero-order valence-electron chi connectivity index (χ0n) is 18.3. The van der Waals surface area contributed by atoms with Gasteiger partial charge in [-0.3, -0.25) is 9.48 Å². The average Bonchev–Trinajstić information content (AvgIpc) is 3.48. The van der Waals surface area contributed by atoms with Crippen LogP contribution in [-0.4, -0.2) is 58.7 Å². The van der Waals surface area contributed by atoms with Crippen LogP contribution < -0.4 is 11.1 Å². The number of fused-ring (bicyclic) bond motifs is 1. The van der Waals surface area contributed by atoms with Crippen LogP contribution in [0.4, 0.5) is 11.5 Å². The quantitative estimate of drug-likeness (QED) is 0.341. The summed E-state index contributed by atoms with van der Waals surface area (Å²) in [7, 11) is 1.78. The highest BCUT2D eigenvalue weighted by atomic mass is 35.5. The van der Waals surface area contributed by atoms with Crippen molar-refractivity contribution in [2.24, 2.45) is 7.05 Å². The highest BCUT2D eigenvalue weighted by molar-refractivity contribution is 6.33. The minimum absolute atomic E-state index is 0.223. The first-order valence-electron chi connectivity index (χ1n) is 10.4. The lowest BCUT2D eigenvalue weighted by Gasteiger charge is -2.17. The summed E-state index contributed by atoms with van der Waals surface area (Å²) in [6, 6.07) is 6.97. The van der Waals surface area contributed by atoms with Gasteiger partial charge in [0.25, 0.3) is 5.91 Å². The maximum absolute atomic E-state index is 12.9. The number of nitrogens with two attached hydrogens (primary N) is 1. The summed E-state index contributed by atoms with van der Waals surface area (Å²) in [5.41, 5.74) is 9.01. The van der Waals surface area contributed by atoms with E-state index in [0.717, 1.165) is 5.56 Å². The molecule has 1 aliphatic heterocycles. The van der Waals surface area contributed by atoms with Crippen LogP contribution in [0.5, 0.6) is 0 Å². The molecule has 0 unspecified atom stereocenters. The summed E-state index contributed by atoms with van der Waals surface area (Å²) in [6.45, 7) is 1.86. The van der Waals surface area contributed by atoms with Crippen LogP contribution in [0.25, 0.3) is 22.3 Å². The molecule has 0 bridgehead atoms. The van der Waals surface area contributed by atoms with E-state index < -0.39 is 30.4 Å². The molecule has 1 aromatic carbocycles. The fourth-order valence-corrected chi connectivity index (χ4v) is 4.26. The molecular weight excluding hydrogens is 462 g/mol. The van der Waals surface area contributed by atoms with Gasteiger partial charge in [-0.2, -0.15) is 5.10 Å². The first-order valence-corrected chi connectivity index (χ1v) is 10.8. The lowest BCUT2D eigenvalue weighted by Crippen LogP contribution is -2.39. The van der Waals surface area contributed by atoms with Crippen molar-refractivity contribution in [2.75, 3.05) is 11.1 Å². The van der Waals surface area contributed by atoms with Crippen molar-refractivity contribution < 1.29 is 19.7 Å². The van der Waals surface area contributed by atoms with Crippen molar-refractivity contribution in [3.8, 4) is 11.3 Å². The van der Waals surface area contributed by atoms with E-state index in [0.29, 0.717) is 33.0 Å². The molecule has 5 N–H and O–H groups in total. The average molecular weight is 484 g/mol. The van der Waals surface area contributed by atoms with Gasteiger partial charge in [0.05, 0.1) is 21.8 Å². The lowest BCUT2D eigenvalue weighted by molar-refractivity contribution is -0.132. The Kier molecular flexibility index (Phi) is 5.48. The van der Waals surface area contributed by atoms with E-state index in [-0.39, 0.29) is 5.82 Å². The van der Waals surface area contributed by atoms with E-state index in [1.807, 2.05) is 13.0 Å². The third-order valence-corrected chi connectivity index (χ3v) is 6.11. The molecule has 5 rings (SSSR count). The third kappa shape index (κ3) is 3.68. The number of aromatic nitrogens is 5. The third-order valence-electron chi connectivity index (χ3n) is 5.78. The second-order valence-corrected chi connectivity index (χ2v) is 8.59. The van der Waals surface area contributed by atoms with Crippen molar-refractivity contribution in [1.82, 2.24) is 24.3 Å². The highest BCUT2D eigenvalue weighted by Crippen LogP contribution is 2.38. The number of ether oxygens (including phenoxy) is 1. The number of hydrogen-bond acceptors (Lipinski definition) is 8. The molecule has 4 aromatic rings. The van der Waals surface area contributed by atoms with Gasteiger partial charge in [0, 0.05) is 25.0 Å². The molecule has 0 spiro atoms. The zero-order chi connectivity index (χ0) is 24.1. The standard InChI is InChI=1S/C22H22ClN7O4/c1-10-3-4-12(23)14(7-10)27-21(33)18-16(31)17(32)22(34-18)30-8-11(13-5-6-29(2)28-13)15-19(24)25-9-26-20(15)30/h3-9,16-18,22,31-32H,1-2H3,(H,27,33)(H2,24,25,26)/t16-,17+,18-,22+/m0/s1. The smallest absolute Gasteiger partial charge is 0.256 e. The van der Waals surface area contributed by atoms with Crippen LogP contribution in [-0.2, 0) is 16.6 Å². The van der Waals surface area contributed by atoms with Crippen molar-refractivity contribution in [2.45, 2.75) is 31.5 Å². The number of nitrogen functional groups attached to an aromatic ring is 1. The van der Waals surface area contributed by atoms with Gasteiger partial charge in [-0.1, -0.05) is 17.7 Å². The van der Waals surface area contributed by atoms with Crippen molar-refractivity contribution in [3.63, 3.8) is 0 Å². The maximum Gasteiger partial charge on any atom is 0.256 e.